The van der Waals surface area contributed by atoms with Crippen LogP contribution >= 0.6 is 0 Å². The Balaban J connectivity index is 1.90. The van der Waals surface area contributed by atoms with Crippen LogP contribution in [0.2, 0.25) is 0 Å². The van der Waals surface area contributed by atoms with E-state index in [1.807, 2.05) is 18.2 Å². The number of ether oxygens (including phenoxy) is 2. The van der Waals surface area contributed by atoms with Gasteiger partial charge in [-0.3, -0.25) is 14.6 Å². The number of carbonyl (C=O) groups is 2. The minimum Gasteiger partial charge on any atom is -0.493 e. The van der Waals surface area contributed by atoms with Gasteiger partial charge in [0.2, 0.25) is 0 Å². The van der Waals surface area contributed by atoms with Crippen molar-refractivity contribution in [2.75, 3.05) is 27.3 Å². The van der Waals surface area contributed by atoms with Gasteiger partial charge in [-0.2, -0.15) is 0 Å². The number of benzene rings is 1. The monoisotopic (exact) mass is 399 g/mol. The molecule has 2 amide bonds. The second-order valence-corrected chi connectivity index (χ2v) is 7.10. The first-order chi connectivity index (χ1) is 13.9. The van der Waals surface area contributed by atoms with Crippen LogP contribution in [0.25, 0.3) is 0 Å². The number of hydrogen-bond acceptors (Lipinski definition) is 5. The average Bonchev–Trinajstić information content (AvgIpc) is 2.73. The molecule has 1 aromatic carbocycles. The molecular weight excluding hydrogens is 370 g/mol. The molecule has 0 saturated carbocycles. The van der Waals surface area contributed by atoms with Crippen LogP contribution < -0.4 is 20.1 Å². The average molecular weight is 399 g/mol. The molecule has 0 radical (unpaired) electrons. The summed E-state index contributed by atoms with van der Waals surface area (Å²) in [6, 6.07) is 7.20. The Morgan fingerprint density at radius 2 is 1.55 bits per heavy atom. The number of hydrogen-bond donors (Lipinski definition) is 2. The van der Waals surface area contributed by atoms with Gasteiger partial charge >= 0.3 is 0 Å². The molecule has 0 spiro atoms. The van der Waals surface area contributed by atoms with Crippen LogP contribution in [0.1, 0.15) is 46.5 Å². The molecule has 2 aromatic rings. The first kappa shape index (κ1) is 22.2. The first-order valence-electron chi connectivity index (χ1n) is 9.67. The quantitative estimate of drug-likeness (QED) is 0.641. The third kappa shape index (κ3) is 6.78. The van der Waals surface area contributed by atoms with Gasteiger partial charge in [0.1, 0.15) is 0 Å². The Labute approximate surface area is 171 Å². The number of pyridine rings is 1. The van der Waals surface area contributed by atoms with Crippen molar-refractivity contribution in [2.45, 2.75) is 26.7 Å². The van der Waals surface area contributed by atoms with Crippen LogP contribution in [0.15, 0.2) is 36.7 Å². The van der Waals surface area contributed by atoms with Gasteiger partial charge in [-0.25, -0.2) is 0 Å². The van der Waals surface area contributed by atoms with Crippen LogP contribution in [0.5, 0.6) is 11.5 Å². The maximum absolute atomic E-state index is 12.4. The molecule has 7 heteroatoms. The van der Waals surface area contributed by atoms with Gasteiger partial charge in [-0.15, -0.1) is 0 Å². The molecular formula is C22H29N3O4. The van der Waals surface area contributed by atoms with E-state index >= 15 is 0 Å². The Kier molecular flexibility index (Phi) is 8.45. The fourth-order valence-electron chi connectivity index (χ4n) is 2.72. The second-order valence-electron chi connectivity index (χ2n) is 7.10. The number of methoxy groups -OCH3 is 2. The summed E-state index contributed by atoms with van der Waals surface area (Å²) in [6.07, 6.45) is 4.45. The van der Waals surface area contributed by atoms with Gasteiger partial charge < -0.3 is 20.1 Å². The lowest BCUT2D eigenvalue weighted by molar-refractivity contribution is 0.0951. The minimum absolute atomic E-state index is 0.224. The van der Waals surface area contributed by atoms with Crippen molar-refractivity contribution in [3.63, 3.8) is 0 Å². The van der Waals surface area contributed by atoms with Crippen molar-refractivity contribution in [1.29, 1.82) is 0 Å². The standard InChI is InChI=1S/C22H29N3O4/c1-15(2)7-9-24-21(26)17-12-18(14-23-13-17)22(27)25-10-8-16-5-6-19(28-3)20(11-16)29-4/h5-6,11-15H,7-10H2,1-4H3,(H,24,26)(H,25,27). The summed E-state index contributed by atoms with van der Waals surface area (Å²) in [4.78, 5) is 28.6. The summed E-state index contributed by atoms with van der Waals surface area (Å²) in [5, 5.41) is 5.70. The van der Waals surface area contributed by atoms with Crippen molar-refractivity contribution in [1.82, 2.24) is 15.6 Å². The normalized spacial score (nSPS) is 10.5. The predicted octanol–water partition coefficient (Wildman–Crippen LogP) is 2.85. The summed E-state index contributed by atoms with van der Waals surface area (Å²) in [5.74, 6) is 1.33. The minimum atomic E-state index is -0.269. The van der Waals surface area contributed by atoms with Crippen LogP contribution in [-0.2, 0) is 6.42 Å². The lowest BCUT2D eigenvalue weighted by Gasteiger charge is -2.10. The van der Waals surface area contributed by atoms with E-state index in [4.69, 9.17) is 9.47 Å². The van der Waals surface area contributed by atoms with E-state index in [1.54, 1.807) is 20.3 Å². The molecule has 0 fully saturated rings. The number of nitrogens with one attached hydrogen (secondary N) is 2. The van der Waals surface area contributed by atoms with Crippen LogP contribution in [0.4, 0.5) is 0 Å². The van der Waals surface area contributed by atoms with Crippen LogP contribution in [-0.4, -0.2) is 44.1 Å². The van der Waals surface area contributed by atoms with Crippen molar-refractivity contribution >= 4 is 11.8 Å². The van der Waals surface area contributed by atoms with Crippen molar-refractivity contribution in [3.05, 3.63) is 53.3 Å². The molecule has 0 unspecified atom stereocenters. The predicted molar refractivity (Wildman–Crippen MR) is 112 cm³/mol. The zero-order valence-electron chi connectivity index (χ0n) is 17.5. The summed E-state index contributed by atoms with van der Waals surface area (Å²) in [6.45, 7) is 5.23. The molecule has 0 saturated heterocycles. The molecule has 156 valence electrons. The zero-order chi connectivity index (χ0) is 21.2. The zero-order valence-corrected chi connectivity index (χ0v) is 17.5. The summed E-state index contributed by atoms with van der Waals surface area (Å²) < 4.78 is 10.5. The highest BCUT2D eigenvalue weighted by atomic mass is 16.5. The van der Waals surface area contributed by atoms with Crippen molar-refractivity contribution < 1.29 is 19.1 Å². The highest BCUT2D eigenvalue weighted by Gasteiger charge is 2.11. The molecule has 7 nitrogen and oxygen atoms in total. The maximum atomic E-state index is 12.4. The van der Waals surface area contributed by atoms with E-state index in [0.717, 1.165) is 12.0 Å². The number of nitrogens with zero attached hydrogens (tertiary/aromatic N) is 1. The molecule has 1 aromatic heterocycles. The van der Waals surface area contributed by atoms with E-state index in [9.17, 15) is 9.59 Å². The van der Waals surface area contributed by atoms with Gasteiger partial charge in [0.05, 0.1) is 25.3 Å². The molecule has 0 aliphatic carbocycles. The number of amides is 2. The number of aromatic nitrogens is 1. The molecule has 2 N–H and O–H groups in total. The van der Waals surface area contributed by atoms with Crippen LogP contribution in [0, 0.1) is 5.92 Å². The number of carbonyl (C=O) groups excluding carboxylic acids is 2. The van der Waals surface area contributed by atoms with Crippen molar-refractivity contribution in [2.24, 2.45) is 5.92 Å². The van der Waals surface area contributed by atoms with E-state index in [1.165, 1.54) is 12.4 Å². The molecule has 1 heterocycles. The van der Waals surface area contributed by atoms with Gasteiger partial charge in [0.25, 0.3) is 11.8 Å². The molecule has 29 heavy (non-hydrogen) atoms. The topological polar surface area (TPSA) is 89.5 Å². The number of rotatable bonds is 10. The molecule has 0 bridgehead atoms. The largest absolute Gasteiger partial charge is 0.493 e. The SMILES string of the molecule is COc1ccc(CCNC(=O)c2cncc(C(=O)NCCC(C)C)c2)cc1OC. The van der Waals surface area contributed by atoms with E-state index < -0.39 is 0 Å². The Morgan fingerprint density at radius 3 is 2.14 bits per heavy atom. The van der Waals surface area contributed by atoms with E-state index in [-0.39, 0.29) is 11.8 Å². The van der Waals surface area contributed by atoms with E-state index in [2.05, 4.69) is 29.5 Å². The van der Waals surface area contributed by atoms with Gasteiger partial charge in [0.15, 0.2) is 11.5 Å². The Bertz CT molecular complexity index is 837. The second kappa shape index (κ2) is 11.0. The highest BCUT2D eigenvalue weighted by molar-refractivity contribution is 5.99. The van der Waals surface area contributed by atoms with E-state index in [0.29, 0.717) is 48.1 Å². The third-order valence-corrected chi connectivity index (χ3v) is 4.42. The Hall–Kier alpha value is -3.09. The first-order valence-corrected chi connectivity index (χ1v) is 9.67. The lowest BCUT2D eigenvalue weighted by Crippen LogP contribution is -2.28. The molecule has 2 rings (SSSR count). The van der Waals surface area contributed by atoms with Crippen molar-refractivity contribution in [3.8, 4) is 11.5 Å². The maximum Gasteiger partial charge on any atom is 0.252 e. The summed E-state index contributed by atoms with van der Waals surface area (Å²) in [5.41, 5.74) is 1.74. The Morgan fingerprint density at radius 1 is 0.931 bits per heavy atom. The van der Waals surface area contributed by atoms with Gasteiger partial charge in [-0.1, -0.05) is 19.9 Å². The van der Waals surface area contributed by atoms with Gasteiger partial charge in [-0.05, 0) is 42.5 Å². The third-order valence-electron chi connectivity index (χ3n) is 4.42. The molecule has 0 aliphatic rings. The van der Waals surface area contributed by atoms with Gasteiger partial charge in [0, 0.05) is 25.5 Å². The molecule has 0 atom stereocenters. The lowest BCUT2D eigenvalue weighted by atomic mass is 10.1. The summed E-state index contributed by atoms with van der Waals surface area (Å²) >= 11 is 0. The molecule has 0 aliphatic heterocycles. The highest BCUT2D eigenvalue weighted by Crippen LogP contribution is 2.27. The van der Waals surface area contributed by atoms with Crippen LogP contribution in [0.3, 0.4) is 0 Å². The smallest absolute Gasteiger partial charge is 0.252 e. The summed E-state index contributed by atoms with van der Waals surface area (Å²) in [7, 11) is 3.17. The fraction of sp³-hybridized carbons (Fsp3) is 0.409. The fourth-order valence-corrected chi connectivity index (χ4v) is 2.72.